The van der Waals surface area contributed by atoms with Crippen molar-refractivity contribution < 1.29 is 4.39 Å². The summed E-state index contributed by atoms with van der Waals surface area (Å²) in [6, 6.07) is 4.66. The summed E-state index contributed by atoms with van der Waals surface area (Å²) < 4.78 is 13.9. The molecule has 1 aromatic heterocycles. The molecule has 0 aliphatic rings. The van der Waals surface area contributed by atoms with Gasteiger partial charge in [0.1, 0.15) is 11.6 Å². The van der Waals surface area contributed by atoms with Crippen LogP contribution in [0.25, 0.3) is 0 Å². The van der Waals surface area contributed by atoms with Crippen LogP contribution in [0.5, 0.6) is 0 Å². The molecule has 0 saturated carbocycles. The number of hydrogen-bond donors (Lipinski definition) is 2. The van der Waals surface area contributed by atoms with Gasteiger partial charge >= 0.3 is 0 Å². The van der Waals surface area contributed by atoms with Crippen molar-refractivity contribution >= 4 is 45.0 Å². The van der Waals surface area contributed by atoms with Gasteiger partial charge in [0.25, 0.3) is 0 Å². The Kier molecular flexibility index (Phi) is 5.36. The molecule has 0 saturated heterocycles. The van der Waals surface area contributed by atoms with Gasteiger partial charge in [0.05, 0.1) is 9.50 Å². The van der Waals surface area contributed by atoms with Gasteiger partial charge in [-0.15, -0.1) is 0 Å². The van der Waals surface area contributed by atoms with Gasteiger partial charge in [-0.1, -0.05) is 18.5 Å². The van der Waals surface area contributed by atoms with Crippen LogP contribution in [0, 0.1) is 5.82 Å². The summed E-state index contributed by atoms with van der Waals surface area (Å²) in [7, 11) is 0. The first-order valence-electron chi connectivity index (χ1n) is 6.50. The average Bonchev–Trinajstić information content (AvgIpc) is 2.46. The first-order chi connectivity index (χ1) is 9.99. The number of hydrogen-bond acceptors (Lipinski definition) is 4. The van der Waals surface area contributed by atoms with Gasteiger partial charge in [0.2, 0.25) is 5.95 Å². The lowest BCUT2D eigenvalue weighted by molar-refractivity contribution is 0.628. The summed E-state index contributed by atoms with van der Waals surface area (Å²) in [5.41, 5.74) is 0.623. The van der Waals surface area contributed by atoms with E-state index in [4.69, 9.17) is 11.6 Å². The zero-order valence-corrected chi connectivity index (χ0v) is 14.0. The van der Waals surface area contributed by atoms with Crippen molar-refractivity contribution in [3.63, 3.8) is 0 Å². The number of rotatable bonds is 5. The molecule has 2 rings (SSSR count). The van der Waals surface area contributed by atoms with Gasteiger partial charge in [-0.05, 0) is 47.5 Å². The van der Waals surface area contributed by atoms with Crippen LogP contribution in [-0.4, -0.2) is 16.0 Å². The molecule has 4 nitrogen and oxygen atoms in total. The molecule has 0 spiro atoms. The van der Waals surface area contributed by atoms with E-state index in [1.54, 1.807) is 12.3 Å². The van der Waals surface area contributed by atoms with E-state index >= 15 is 0 Å². The number of nitrogens with one attached hydrogen (secondary N) is 2. The monoisotopic (exact) mass is 372 g/mol. The van der Waals surface area contributed by atoms with Gasteiger partial charge in [0, 0.05) is 17.9 Å². The van der Waals surface area contributed by atoms with Crippen LogP contribution in [0.3, 0.4) is 0 Å². The fraction of sp³-hybridized carbons (Fsp3) is 0.286. The molecule has 2 aromatic rings. The van der Waals surface area contributed by atoms with Crippen LogP contribution in [0.15, 0.2) is 28.9 Å². The quantitative estimate of drug-likeness (QED) is 0.775. The number of aromatic nitrogens is 2. The Morgan fingerprint density at radius 3 is 2.86 bits per heavy atom. The number of benzene rings is 1. The van der Waals surface area contributed by atoms with E-state index in [1.807, 2.05) is 0 Å². The van der Waals surface area contributed by atoms with Crippen LogP contribution in [-0.2, 0) is 0 Å². The second-order valence-electron chi connectivity index (χ2n) is 4.60. The minimum atomic E-state index is -0.460. The molecular weight excluding hydrogens is 359 g/mol. The van der Waals surface area contributed by atoms with Gasteiger partial charge in [-0.25, -0.2) is 9.37 Å². The normalized spacial score (nSPS) is 12.0. The highest BCUT2D eigenvalue weighted by Crippen LogP contribution is 2.24. The molecular formula is C14H15BrClFN4. The first-order valence-corrected chi connectivity index (χ1v) is 7.68. The molecule has 0 aliphatic heterocycles. The Morgan fingerprint density at radius 2 is 2.19 bits per heavy atom. The summed E-state index contributed by atoms with van der Waals surface area (Å²) in [6.45, 7) is 4.16. The van der Waals surface area contributed by atoms with E-state index in [0.29, 0.717) is 23.5 Å². The Hall–Kier alpha value is -1.40. The lowest BCUT2D eigenvalue weighted by Gasteiger charge is -2.14. The maximum absolute atomic E-state index is 13.1. The van der Waals surface area contributed by atoms with Crippen LogP contribution in [0.2, 0.25) is 5.02 Å². The van der Waals surface area contributed by atoms with Crippen LogP contribution >= 0.6 is 27.5 Å². The van der Waals surface area contributed by atoms with Gasteiger partial charge in [0.15, 0.2) is 0 Å². The molecule has 2 N–H and O–H groups in total. The van der Waals surface area contributed by atoms with Crippen molar-refractivity contribution in [2.24, 2.45) is 0 Å². The summed E-state index contributed by atoms with van der Waals surface area (Å²) in [5, 5.41) is 6.33. The topological polar surface area (TPSA) is 49.8 Å². The van der Waals surface area contributed by atoms with Crippen molar-refractivity contribution in [2.45, 2.75) is 26.3 Å². The number of halogens is 3. The molecule has 1 atom stereocenters. The molecule has 7 heteroatoms. The lowest BCUT2D eigenvalue weighted by atomic mass is 10.2. The molecule has 0 aliphatic carbocycles. The molecule has 1 unspecified atom stereocenters. The third kappa shape index (κ3) is 4.28. The van der Waals surface area contributed by atoms with E-state index in [9.17, 15) is 4.39 Å². The van der Waals surface area contributed by atoms with E-state index < -0.39 is 5.82 Å². The summed E-state index contributed by atoms with van der Waals surface area (Å²) in [4.78, 5) is 8.56. The summed E-state index contributed by atoms with van der Waals surface area (Å²) in [5.74, 6) is 0.653. The Bertz CT molecular complexity index is 638. The van der Waals surface area contributed by atoms with Crippen LogP contribution in [0.1, 0.15) is 20.3 Å². The third-order valence-electron chi connectivity index (χ3n) is 2.92. The predicted octanol–water partition coefficient (Wildman–Crippen LogP) is 4.99. The van der Waals surface area contributed by atoms with Crippen LogP contribution in [0.4, 0.5) is 21.8 Å². The van der Waals surface area contributed by atoms with Gasteiger partial charge in [-0.3, -0.25) is 0 Å². The fourth-order valence-corrected chi connectivity index (χ4v) is 2.05. The Morgan fingerprint density at radius 1 is 1.43 bits per heavy atom. The van der Waals surface area contributed by atoms with Gasteiger partial charge in [-0.2, -0.15) is 4.98 Å². The molecule has 0 bridgehead atoms. The number of nitrogens with zero attached hydrogens (tertiary/aromatic N) is 2. The smallest absolute Gasteiger partial charge is 0.229 e. The second-order valence-corrected chi connectivity index (χ2v) is 5.86. The SMILES string of the molecule is CCC(C)Nc1nc(Nc2ccc(F)c(Cl)c2)ncc1Br. The predicted molar refractivity (Wildman–Crippen MR) is 87.8 cm³/mol. The maximum Gasteiger partial charge on any atom is 0.229 e. The minimum Gasteiger partial charge on any atom is -0.367 e. The van der Waals surface area contributed by atoms with E-state index in [1.165, 1.54) is 12.1 Å². The minimum absolute atomic E-state index is 0.0510. The largest absolute Gasteiger partial charge is 0.367 e. The Labute approximate surface area is 136 Å². The van der Waals surface area contributed by atoms with Crippen molar-refractivity contribution in [3.8, 4) is 0 Å². The summed E-state index contributed by atoms with van der Waals surface area (Å²) in [6.07, 6.45) is 2.64. The Balaban J connectivity index is 2.20. The highest BCUT2D eigenvalue weighted by molar-refractivity contribution is 9.10. The standard InChI is InChI=1S/C14H15BrClFN4/c1-3-8(2)19-13-10(15)7-18-14(21-13)20-9-4-5-12(17)11(16)6-9/h4-8H,3H2,1-2H3,(H2,18,19,20,21). The molecule has 1 heterocycles. The van der Waals surface area contributed by atoms with E-state index in [0.717, 1.165) is 10.9 Å². The van der Waals surface area contributed by atoms with Crippen molar-refractivity contribution in [3.05, 3.63) is 39.7 Å². The molecule has 1 aromatic carbocycles. The lowest BCUT2D eigenvalue weighted by Crippen LogP contribution is -2.15. The zero-order valence-electron chi connectivity index (χ0n) is 11.6. The summed E-state index contributed by atoms with van der Waals surface area (Å²) >= 11 is 9.16. The molecule has 21 heavy (non-hydrogen) atoms. The van der Waals surface area contributed by atoms with E-state index in [2.05, 4.69) is 50.4 Å². The molecule has 0 amide bonds. The molecule has 0 fully saturated rings. The van der Waals surface area contributed by atoms with Crippen LogP contribution < -0.4 is 10.6 Å². The molecule has 112 valence electrons. The van der Waals surface area contributed by atoms with E-state index in [-0.39, 0.29) is 5.02 Å². The third-order valence-corrected chi connectivity index (χ3v) is 3.79. The highest BCUT2D eigenvalue weighted by atomic mass is 79.9. The average molecular weight is 374 g/mol. The first kappa shape index (κ1) is 16.0. The maximum atomic E-state index is 13.1. The molecule has 0 radical (unpaired) electrons. The van der Waals surface area contributed by atoms with Crippen molar-refractivity contribution in [2.75, 3.05) is 10.6 Å². The zero-order chi connectivity index (χ0) is 15.4. The highest BCUT2D eigenvalue weighted by Gasteiger charge is 2.08. The fourth-order valence-electron chi connectivity index (χ4n) is 1.57. The second kappa shape index (κ2) is 7.04. The van der Waals surface area contributed by atoms with Gasteiger partial charge < -0.3 is 10.6 Å². The number of anilines is 3. The van der Waals surface area contributed by atoms with Crippen molar-refractivity contribution in [1.82, 2.24) is 9.97 Å². The van der Waals surface area contributed by atoms with Crippen molar-refractivity contribution in [1.29, 1.82) is 0 Å².